The van der Waals surface area contributed by atoms with Gasteiger partial charge < -0.3 is 14.8 Å². The average molecular weight is 480 g/mol. The van der Waals surface area contributed by atoms with Crippen LogP contribution in [0.2, 0.25) is 5.02 Å². The maximum absolute atomic E-state index is 13.9. The van der Waals surface area contributed by atoms with E-state index >= 15 is 0 Å². The van der Waals surface area contributed by atoms with Gasteiger partial charge in [-0.3, -0.25) is 9.52 Å². The molecule has 0 saturated carbocycles. The van der Waals surface area contributed by atoms with Crippen LogP contribution < -0.4 is 14.8 Å². The lowest BCUT2D eigenvalue weighted by Crippen LogP contribution is -2.38. The Morgan fingerprint density at radius 1 is 1.41 bits per heavy atom. The zero-order valence-corrected chi connectivity index (χ0v) is 18.3. The highest BCUT2D eigenvalue weighted by molar-refractivity contribution is 8.01. The van der Waals surface area contributed by atoms with Gasteiger partial charge in [-0.1, -0.05) is 11.6 Å². The predicted molar refractivity (Wildman–Crippen MR) is 119 cm³/mol. The maximum Gasteiger partial charge on any atom is 0.265 e. The van der Waals surface area contributed by atoms with E-state index in [1.54, 1.807) is 5.37 Å². The van der Waals surface area contributed by atoms with Crippen LogP contribution in [0.25, 0.3) is 5.52 Å². The molecule has 3 aromatic rings. The largest absolute Gasteiger partial charge is 0.486 e. The number of carbonyl (C=O) groups is 1. The highest BCUT2D eigenvalue weighted by atomic mass is 35.5. The number of ether oxygens (including phenoxy) is 2. The van der Waals surface area contributed by atoms with Crippen LogP contribution in [0.5, 0.6) is 5.75 Å². The molecule has 2 aliphatic rings. The van der Waals surface area contributed by atoms with Crippen LogP contribution in [-0.4, -0.2) is 55.2 Å². The number of hydrogen-bond acceptors (Lipinski definition) is 7. The predicted octanol–water partition coefficient (Wildman–Crippen LogP) is 2.57. The van der Waals surface area contributed by atoms with Crippen molar-refractivity contribution in [2.75, 3.05) is 24.3 Å². The average Bonchev–Trinajstić information content (AvgIpc) is 3.37. The SMILES string of the molecule is O=C(NS1(=O)=CCC1)c1cn2ncnc(Nc3ccc(F)cc3OC3CCOC3)c2c1Cl. The monoisotopic (exact) mass is 479 g/mol. The molecule has 32 heavy (non-hydrogen) atoms. The Morgan fingerprint density at radius 2 is 2.25 bits per heavy atom. The molecule has 0 aliphatic carbocycles. The fraction of sp³-hybridized carbons (Fsp3) is 0.300. The second kappa shape index (κ2) is 8.23. The topological polar surface area (TPSA) is 107 Å². The second-order valence-corrected chi connectivity index (χ2v) is 10.2. The minimum absolute atomic E-state index is 0.0988. The Labute approximate surface area is 188 Å². The summed E-state index contributed by atoms with van der Waals surface area (Å²) in [5, 5.41) is 8.90. The van der Waals surface area contributed by atoms with E-state index in [1.807, 2.05) is 0 Å². The third kappa shape index (κ3) is 3.98. The van der Waals surface area contributed by atoms with Crippen LogP contribution in [0, 0.1) is 5.82 Å². The molecular formula is C20H19ClFN5O4S. The zero-order chi connectivity index (χ0) is 22.3. The van der Waals surface area contributed by atoms with Crippen molar-refractivity contribution in [3.8, 4) is 5.75 Å². The third-order valence-electron chi connectivity index (χ3n) is 5.21. The summed E-state index contributed by atoms with van der Waals surface area (Å²) in [7, 11) is -2.48. The van der Waals surface area contributed by atoms with Crippen LogP contribution in [0.15, 0.2) is 30.7 Å². The highest BCUT2D eigenvalue weighted by Gasteiger charge is 2.25. The number of rotatable bonds is 6. The van der Waals surface area contributed by atoms with Gasteiger partial charge in [0.05, 0.1) is 39.2 Å². The molecule has 1 fully saturated rings. The number of nitrogens with zero attached hydrogens (tertiary/aromatic N) is 3. The smallest absolute Gasteiger partial charge is 0.265 e. The summed E-state index contributed by atoms with van der Waals surface area (Å²) in [5.41, 5.74) is 0.928. The first-order valence-electron chi connectivity index (χ1n) is 9.92. The Bertz CT molecular complexity index is 1330. The van der Waals surface area contributed by atoms with Crippen molar-refractivity contribution in [3.63, 3.8) is 0 Å². The molecular weight excluding hydrogens is 461 g/mol. The summed E-state index contributed by atoms with van der Waals surface area (Å²) in [6.45, 7) is 1.02. The number of aromatic nitrogens is 3. The molecule has 2 aliphatic heterocycles. The van der Waals surface area contributed by atoms with E-state index in [0.717, 1.165) is 0 Å². The van der Waals surface area contributed by atoms with Gasteiger partial charge in [0.1, 0.15) is 29.5 Å². The Kier molecular flexibility index (Phi) is 5.39. The number of anilines is 2. The van der Waals surface area contributed by atoms with Gasteiger partial charge >= 0.3 is 0 Å². The lowest BCUT2D eigenvalue weighted by molar-refractivity contribution is 0.0982. The molecule has 168 valence electrons. The van der Waals surface area contributed by atoms with Crippen LogP contribution in [0.4, 0.5) is 15.9 Å². The van der Waals surface area contributed by atoms with Crippen LogP contribution in [-0.2, 0) is 14.4 Å². The van der Waals surface area contributed by atoms with E-state index in [2.05, 4.69) is 20.1 Å². The molecule has 2 aromatic heterocycles. The van der Waals surface area contributed by atoms with Crippen molar-refractivity contribution in [3.05, 3.63) is 47.1 Å². The third-order valence-corrected chi connectivity index (χ3v) is 7.74. The fourth-order valence-electron chi connectivity index (χ4n) is 3.47. The number of nitrogens with one attached hydrogen (secondary N) is 2. The molecule has 0 radical (unpaired) electrons. The highest BCUT2D eigenvalue weighted by Crippen LogP contribution is 2.34. The van der Waals surface area contributed by atoms with Crippen molar-refractivity contribution in [1.82, 2.24) is 19.3 Å². The van der Waals surface area contributed by atoms with Gasteiger partial charge in [0, 0.05) is 24.4 Å². The summed E-state index contributed by atoms with van der Waals surface area (Å²) in [6, 6.07) is 4.10. The van der Waals surface area contributed by atoms with Crippen LogP contribution >= 0.6 is 11.6 Å². The molecule has 12 heteroatoms. The Hall–Kier alpha value is -2.89. The van der Waals surface area contributed by atoms with Crippen molar-refractivity contribution in [1.29, 1.82) is 0 Å². The van der Waals surface area contributed by atoms with Crippen molar-refractivity contribution in [2.45, 2.75) is 18.9 Å². The van der Waals surface area contributed by atoms with Gasteiger partial charge in [-0.25, -0.2) is 18.1 Å². The summed E-state index contributed by atoms with van der Waals surface area (Å²) in [4.78, 5) is 16.9. The first kappa shape index (κ1) is 21.0. The molecule has 1 saturated heterocycles. The lowest BCUT2D eigenvalue weighted by atomic mass is 10.2. The van der Waals surface area contributed by atoms with E-state index in [0.29, 0.717) is 54.6 Å². The van der Waals surface area contributed by atoms with E-state index < -0.39 is 21.4 Å². The van der Waals surface area contributed by atoms with Gasteiger partial charge in [-0.2, -0.15) is 5.10 Å². The van der Waals surface area contributed by atoms with Gasteiger partial charge in [0.2, 0.25) is 0 Å². The standard InChI is InChI=1S/C20H19ClFN5O4S/c21-17-14(20(28)26-32(29)6-1-7-32)9-27-18(17)19(23-11-24-27)25-15-3-2-12(22)8-16(15)31-13-4-5-30-10-13/h2-3,6,8-9,11,13H,1,4-5,7,10H2,(H,23,24,25)(H,26,28,29). The molecule has 2 unspecified atom stereocenters. The van der Waals surface area contributed by atoms with Crippen LogP contribution in [0.3, 0.4) is 0 Å². The van der Waals surface area contributed by atoms with Crippen molar-refractivity contribution in [2.24, 2.45) is 0 Å². The molecule has 2 atom stereocenters. The number of benzene rings is 1. The van der Waals surface area contributed by atoms with E-state index in [4.69, 9.17) is 21.1 Å². The summed E-state index contributed by atoms with van der Waals surface area (Å²) in [6.07, 6.45) is 3.96. The molecule has 1 aromatic carbocycles. The number of hydrogen-bond donors (Lipinski definition) is 2. The summed E-state index contributed by atoms with van der Waals surface area (Å²) in [5.74, 6) is 0.00608. The Balaban J connectivity index is 1.48. The molecule has 4 heterocycles. The van der Waals surface area contributed by atoms with E-state index in [-0.39, 0.29) is 16.7 Å². The molecule has 0 spiro atoms. The number of amides is 1. The minimum Gasteiger partial charge on any atom is -0.486 e. The number of carbonyl (C=O) groups excluding carboxylic acids is 1. The summed E-state index contributed by atoms with van der Waals surface area (Å²) < 4.78 is 41.4. The molecule has 2 N–H and O–H groups in total. The summed E-state index contributed by atoms with van der Waals surface area (Å²) >= 11 is 6.50. The molecule has 9 nitrogen and oxygen atoms in total. The quantitative estimate of drug-likeness (QED) is 0.523. The van der Waals surface area contributed by atoms with E-state index in [9.17, 15) is 13.4 Å². The second-order valence-electron chi connectivity index (χ2n) is 7.44. The normalized spacial score (nSPS) is 22.2. The first-order valence-corrected chi connectivity index (χ1v) is 12.1. The van der Waals surface area contributed by atoms with Gasteiger partial charge in [0.25, 0.3) is 5.91 Å². The van der Waals surface area contributed by atoms with Gasteiger partial charge in [-0.15, -0.1) is 0 Å². The Morgan fingerprint density at radius 3 is 2.97 bits per heavy atom. The molecule has 0 bridgehead atoms. The minimum atomic E-state index is -2.48. The zero-order valence-electron chi connectivity index (χ0n) is 16.7. The number of fused-ring (bicyclic) bond motifs is 1. The molecule has 1 amide bonds. The van der Waals surface area contributed by atoms with Crippen molar-refractivity contribution < 1.29 is 22.9 Å². The van der Waals surface area contributed by atoms with Crippen LogP contribution in [0.1, 0.15) is 23.2 Å². The van der Waals surface area contributed by atoms with Gasteiger partial charge in [0.15, 0.2) is 5.82 Å². The fourth-order valence-corrected chi connectivity index (χ4v) is 5.06. The maximum atomic E-state index is 13.9. The van der Waals surface area contributed by atoms with Gasteiger partial charge in [-0.05, 0) is 23.9 Å². The lowest BCUT2D eigenvalue weighted by Gasteiger charge is -2.18. The number of halogens is 2. The molecule has 5 rings (SSSR count). The van der Waals surface area contributed by atoms with Crippen molar-refractivity contribution >= 4 is 49.6 Å². The van der Waals surface area contributed by atoms with E-state index in [1.165, 1.54) is 35.2 Å². The first-order chi connectivity index (χ1) is 15.4.